The van der Waals surface area contributed by atoms with E-state index in [1.54, 1.807) is 6.20 Å². The first kappa shape index (κ1) is 17.3. The van der Waals surface area contributed by atoms with Crippen molar-refractivity contribution in [1.82, 2.24) is 15.2 Å². The fourth-order valence-corrected chi connectivity index (χ4v) is 3.13. The molecule has 1 aromatic heterocycles. The van der Waals surface area contributed by atoms with Crippen LogP contribution in [0.15, 0.2) is 56.6 Å². The maximum atomic E-state index is 10.0. The number of anilines is 1. The molecule has 0 saturated heterocycles. The van der Waals surface area contributed by atoms with E-state index in [1.165, 1.54) is 12.3 Å². The number of nitrogens with one attached hydrogen (secondary N) is 1. The SMILES string of the molecule is Oc1c(Br)cc(/C=N/Nc2nncc(-c3ccccc3)n2)c(O)c1Br. The minimum Gasteiger partial charge on any atom is -0.506 e. The van der Waals surface area contributed by atoms with Gasteiger partial charge in [0.1, 0.15) is 16.0 Å². The van der Waals surface area contributed by atoms with Gasteiger partial charge >= 0.3 is 0 Å². The highest BCUT2D eigenvalue weighted by Crippen LogP contribution is 2.40. The topological polar surface area (TPSA) is 104 Å². The molecule has 0 aliphatic heterocycles. The summed E-state index contributed by atoms with van der Waals surface area (Å²) in [4.78, 5) is 4.33. The van der Waals surface area contributed by atoms with Gasteiger partial charge in [0.2, 0.25) is 0 Å². The molecule has 0 spiro atoms. The van der Waals surface area contributed by atoms with Gasteiger partial charge in [-0.15, -0.1) is 5.10 Å². The third-order valence-electron chi connectivity index (χ3n) is 3.19. The van der Waals surface area contributed by atoms with Gasteiger partial charge in [-0.05, 0) is 37.9 Å². The molecule has 25 heavy (non-hydrogen) atoms. The Morgan fingerprint density at radius 3 is 2.60 bits per heavy atom. The molecule has 0 bridgehead atoms. The van der Waals surface area contributed by atoms with Crippen molar-refractivity contribution in [2.45, 2.75) is 0 Å². The summed E-state index contributed by atoms with van der Waals surface area (Å²) in [6.07, 6.45) is 2.94. The van der Waals surface area contributed by atoms with Crippen molar-refractivity contribution in [2.24, 2.45) is 5.10 Å². The Hall–Kier alpha value is -2.52. The van der Waals surface area contributed by atoms with E-state index in [9.17, 15) is 10.2 Å². The zero-order chi connectivity index (χ0) is 17.8. The summed E-state index contributed by atoms with van der Waals surface area (Å²) in [5, 5.41) is 31.5. The van der Waals surface area contributed by atoms with Gasteiger partial charge in [0.05, 0.1) is 22.6 Å². The molecule has 7 nitrogen and oxygen atoms in total. The van der Waals surface area contributed by atoms with Crippen molar-refractivity contribution >= 4 is 44.0 Å². The quantitative estimate of drug-likeness (QED) is 0.399. The molecule has 126 valence electrons. The highest BCUT2D eigenvalue weighted by atomic mass is 79.9. The lowest BCUT2D eigenvalue weighted by Gasteiger charge is -2.06. The first-order valence-electron chi connectivity index (χ1n) is 7.00. The second kappa shape index (κ2) is 7.58. The molecule has 0 atom stereocenters. The van der Waals surface area contributed by atoms with Gasteiger partial charge in [-0.3, -0.25) is 0 Å². The van der Waals surface area contributed by atoms with Gasteiger partial charge < -0.3 is 10.2 Å². The molecular formula is C16H11Br2N5O2. The number of halogens is 2. The average molecular weight is 465 g/mol. The Labute approximate surface area is 159 Å². The smallest absolute Gasteiger partial charge is 0.263 e. The Balaban J connectivity index is 1.80. The third kappa shape index (κ3) is 3.94. The molecule has 2 aromatic carbocycles. The third-order valence-corrected chi connectivity index (χ3v) is 4.55. The summed E-state index contributed by atoms with van der Waals surface area (Å²) in [6, 6.07) is 11.1. The van der Waals surface area contributed by atoms with E-state index in [1.807, 2.05) is 30.3 Å². The standard InChI is InChI=1S/C16H11Br2N5O2/c17-11-6-10(14(24)13(18)15(11)25)7-19-22-16-21-12(8-20-23-16)9-4-2-1-3-5-9/h1-8,24-25H,(H,21,22,23)/b19-7+. The van der Waals surface area contributed by atoms with Crippen LogP contribution in [-0.2, 0) is 0 Å². The molecule has 0 fully saturated rings. The number of nitrogens with zero attached hydrogens (tertiary/aromatic N) is 4. The first-order chi connectivity index (χ1) is 12.1. The lowest BCUT2D eigenvalue weighted by Crippen LogP contribution is -2.00. The molecule has 0 aliphatic rings. The Morgan fingerprint density at radius 1 is 1.08 bits per heavy atom. The van der Waals surface area contributed by atoms with Crippen LogP contribution < -0.4 is 5.43 Å². The number of hydrogen-bond donors (Lipinski definition) is 3. The number of benzene rings is 2. The van der Waals surface area contributed by atoms with E-state index in [0.717, 1.165) is 5.56 Å². The van der Waals surface area contributed by atoms with Crippen molar-refractivity contribution in [2.75, 3.05) is 5.43 Å². The van der Waals surface area contributed by atoms with Gasteiger partial charge in [-0.2, -0.15) is 10.2 Å². The second-order valence-electron chi connectivity index (χ2n) is 4.86. The lowest BCUT2D eigenvalue weighted by molar-refractivity contribution is 0.442. The minimum atomic E-state index is -0.136. The maximum absolute atomic E-state index is 10.0. The zero-order valence-corrected chi connectivity index (χ0v) is 15.7. The number of hydrogen-bond acceptors (Lipinski definition) is 7. The summed E-state index contributed by atoms with van der Waals surface area (Å²) in [5.74, 6) is -0.0111. The minimum absolute atomic E-state index is 0.0919. The molecule has 0 aliphatic carbocycles. The summed E-state index contributed by atoms with van der Waals surface area (Å²) < 4.78 is 0.593. The number of rotatable bonds is 4. The monoisotopic (exact) mass is 463 g/mol. The van der Waals surface area contributed by atoms with Gasteiger partial charge in [0.15, 0.2) is 0 Å². The number of hydrazone groups is 1. The molecular weight excluding hydrogens is 454 g/mol. The fourth-order valence-electron chi connectivity index (χ4n) is 1.97. The van der Waals surface area contributed by atoms with Crippen LogP contribution >= 0.6 is 31.9 Å². The van der Waals surface area contributed by atoms with Gasteiger partial charge in [-0.25, -0.2) is 10.4 Å². The van der Waals surface area contributed by atoms with E-state index in [2.05, 4.69) is 57.6 Å². The Bertz CT molecular complexity index is 935. The van der Waals surface area contributed by atoms with E-state index in [-0.39, 0.29) is 21.9 Å². The molecule has 3 aromatic rings. The van der Waals surface area contributed by atoms with E-state index in [4.69, 9.17) is 0 Å². The van der Waals surface area contributed by atoms with Crippen LogP contribution in [0.2, 0.25) is 0 Å². The molecule has 0 radical (unpaired) electrons. The summed E-state index contributed by atoms with van der Waals surface area (Å²) in [5.41, 5.74) is 4.62. The van der Waals surface area contributed by atoms with Crippen molar-refractivity contribution < 1.29 is 10.2 Å². The molecule has 0 amide bonds. The van der Waals surface area contributed by atoms with Crippen LogP contribution in [0.25, 0.3) is 11.3 Å². The molecule has 3 N–H and O–H groups in total. The van der Waals surface area contributed by atoms with E-state index < -0.39 is 0 Å². The average Bonchev–Trinajstić information content (AvgIpc) is 2.65. The van der Waals surface area contributed by atoms with Crippen LogP contribution in [0.3, 0.4) is 0 Å². The number of aromatic nitrogens is 3. The van der Waals surface area contributed by atoms with E-state index in [0.29, 0.717) is 15.7 Å². The molecule has 0 saturated carbocycles. The maximum Gasteiger partial charge on any atom is 0.263 e. The van der Waals surface area contributed by atoms with Crippen molar-refractivity contribution in [3.8, 4) is 22.8 Å². The van der Waals surface area contributed by atoms with Crippen LogP contribution in [0, 0.1) is 0 Å². The molecule has 3 rings (SSSR count). The highest BCUT2D eigenvalue weighted by Gasteiger charge is 2.12. The van der Waals surface area contributed by atoms with Gasteiger partial charge in [-0.1, -0.05) is 30.3 Å². The normalized spacial score (nSPS) is 11.0. The predicted molar refractivity (Wildman–Crippen MR) is 102 cm³/mol. The molecule has 1 heterocycles. The first-order valence-corrected chi connectivity index (χ1v) is 8.59. The zero-order valence-electron chi connectivity index (χ0n) is 12.6. The summed E-state index contributed by atoms with van der Waals surface area (Å²) in [7, 11) is 0. The van der Waals surface area contributed by atoms with Gasteiger partial charge in [0.25, 0.3) is 5.95 Å². The lowest BCUT2D eigenvalue weighted by atomic mass is 10.2. The summed E-state index contributed by atoms with van der Waals surface area (Å²) in [6.45, 7) is 0. The van der Waals surface area contributed by atoms with Crippen LogP contribution in [-0.4, -0.2) is 31.6 Å². The van der Waals surface area contributed by atoms with Crippen LogP contribution in [0.1, 0.15) is 5.56 Å². The number of phenols is 2. The largest absolute Gasteiger partial charge is 0.506 e. The number of phenolic OH excluding ortho intramolecular Hbond substituents is 2. The Morgan fingerprint density at radius 2 is 1.84 bits per heavy atom. The van der Waals surface area contributed by atoms with Crippen molar-refractivity contribution in [3.63, 3.8) is 0 Å². The fraction of sp³-hybridized carbons (Fsp3) is 0. The Kier molecular flexibility index (Phi) is 5.25. The second-order valence-corrected chi connectivity index (χ2v) is 6.51. The summed E-state index contributed by atoms with van der Waals surface area (Å²) >= 11 is 6.30. The number of aromatic hydroxyl groups is 2. The molecule has 0 unspecified atom stereocenters. The molecule has 9 heteroatoms. The predicted octanol–water partition coefficient (Wildman–Crippen LogP) is 3.92. The van der Waals surface area contributed by atoms with Gasteiger partial charge in [0, 0.05) is 11.1 Å². The van der Waals surface area contributed by atoms with Crippen LogP contribution in [0.4, 0.5) is 5.95 Å². The highest BCUT2D eigenvalue weighted by molar-refractivity contribution is 9.11. The van der Waals surface area contributed by atoms with Crippen molar-refractivity contribution in [1.29, 1.82) is 0 Å². The van der Waals surface area contributed by atoms with Crippen LogP contribution in [0.5, 0.6) is 11.5 Å². The van der Waals surface area contributed by atoms with E-state index >= 15 is 0 Å². The van der Waals surface area contributed by atoms with Crippen molar-refractivity contribution in [3.05, 3.63) is 57.1 Å².